The van der Waals surface area contributed by atoms with Gasteiger partial charge in [0.05, 0.1) is 5.69 Å². The van der Waals surface area contributed by atoms with Gasteiger partial charge in [0.15, 0.2) is 19.0 Å². The Morgan fingerprint density at radius 3 is 2.61 bits per heavy atom. The number of hydrogen-bond acceptors (Lipinski definition) is 5. The third kappa shape index (κ3) is 5.23. The molecule has 2 aromatic rings. The summed E-state index contributed by atoms with van der Waals surface area (Å²) < 4.78 is 11.3. The average Bonchev–Trinajstić information content (AvgIpc) is 2.70. The first-order chi connectivity index (χ1) is 14.7. The van der Waals surface area contributed by atoms with E-state index >= 15 is 0 Å². The van der Waals surface area contributed by atoms with Crippen molar-refractivity contribution in [3.05, 3.63) is 52.6 Å². The number of carbonyl (C=O) groups excluding carboxylic acids is 3. The molecule has 2 aromatic carbocycles. The van der Waals surface area contributed by atoms with Crippen molar-refractivity contribution in [3.8, 4) is 11.5 Å². The molecule has 1 N–H and O–H groups in total. The number of ketones is 1. The maximum atomic E-state index is 12.8. The van der Waals surface area contributed by atoms with E-state index in [4.69, 9.17) is 9.47 Å². The van der Waals surface area contributed by atoms with E-state index in [2.05, 4.69) is 11.4 Å². The van der Waals surface area contributed by atoms with Crippen LogP contribution in [0.3, 0.4) is 0 Å². The van der Waals surface area contributed by atoms with Crippen LogP contribution in [-0.2, 0) is 9.59 Å². The van der Waals surface area contributed by atoms with E-state index in [0.29, 0.717) is 22.7 Å². The number of benzene rings is 2. The topological polar surface area (TPSA) is 84.9 Å². The molecule has 0 aromatic heterocycles. The van der Waals surface area contributed by atoms with Crippen LogP contribution in [0.2, 0.25) is 0 Å². The lowest BCUT2D eigenvalue weighted by Crippen LogP contribution is -2.46. The number of hydrogen-bond donors (Lipinski definition) is 1. The number of rotatable bonds is 7. The molecule has 0 aliphatic carbocycles. The molecule has 0 unspecified atom stereocenters. The smallest absolute Gasteiger partial charge is 0.265 e. The van der Waals surface area contributed by atoms with E-state index in [1.807, 2.05) is 40.7 Å². The summed E-state index contributed by atoms with van der Waals surface area (Å²) in [6, 6.07) is 8.79. The molecule has 7 nitrogen and oxygen atoms in total. The Balaban J connectivity index is 1.78. The van der Waals surface area contributed by atoms with Gasteiger partial charge < -0.3 is 14.8 Å². The average molecular weight is 424 g/mol. The summed E-state index contributed by atoms with van der Waals surface area (Å²) in [4.78, 5) is 38.7. The number of fused-ring (bicyclic) bond motifs is 1. The molecule has 0 spiro atoms. The largest absolute Gasteiger partial charge is 0.485 e. The standard InChI is InChI=1S/C24H28N2O5/c1-14(2)25-23(28)11-26-19-10-18(6-7-21(19)31-13-24(26)29)20(27)12-30-22-9-15(3)8-16(4)17(22)5/h6-10,14H,11-13H2,1-5H3,(H,25,28). The molecule has 1 aliphatic heterocycles. The van der Waals surface area contributed by atoms with Gasteiger partial charge in [0, 0.05) is 11.6 Å². The minimum Gasteiger partial charge on any atom is -0.485 e. The summed E-state index contributed by atoms with van der Waals surface area (Å²) in [5, 5.41) is 2.77. The van der Waals surface area contributed by atoms with E-state index in [9.17, 15) is 14.4 Å². The van der Waals surface area contributed by atoms with Crippen molar-refractivity contribution in [1.29, 1.82) is 0 Å². The minimum atomic E-state index is -0.335. The number of aryl methyl sites for hydroxylation is 2. The predicted octanol–water partition coefficient (Wildman–Crippen LogP) is 3.12. The fourth-order valence-corrected chi connectivity index (χ4v) is 3.44. The molecule has 7 heteroatoms. The second-order valence-electron chi connectivity index (χ2n) is 8.09. The third-order valence-electron chi connectivity index (χ3n) is 5.10. The van der Waals surface area contributed by atoms with E-state index in [1.54, 1.807) is 18.2 Å². The Kier molecular flexibility index (Phi) is 6.63. The van der Waals surface area contributed by atoms with E-state index < -0.39 is 0 Å². The summed E-state index contributed by atoms with van der Waals surface area (Å²) >= 11 is 0. The van der Waals surface area contributed by atoms with Crippen LogP contribution in [0, 0.1) is 20.8 Å². The van der Waals surface area contributed by atoms with Gasteiger partial charge in [-0.2, -0.15) is 0 Å². The lowest BCUT2D eigenvalue weighted by atomic mass is 10.1. The van der Waals surface area contributed by atoms with Crippen LogP contribution in [0.5, 0.6) is 11.5 Å². The van der Waals surface area contributed by atoms with Gasteiger partial charge >= 0.3 is 0 Å². The van der Waals surface area contributed by atoms with Gasteiger partial charge in [-0.3, -0.25) is 19.3 Å². The second-order valence-corrected chi connectivity index (χ2v) is 8.09. The third-order valence-corrected chi connectivity index (χ3v) is 5.10. The van der Waals surface area contributed by atoms with Crippen LogP contribution >= 0.6 is 0 Å². The highest BCUT2D eigenvalue weighted by atomic mass is 16.5. The fourth-order valence-electron chi connectivity index (χ4n) is 3.44. The molecule has 1 heterocycles. The van der Waals surface area contributed by atoms with Crippen molar-refractivity contribution in [3.63, 3.8) is 0 Å². The molecule has 0 atom stereocenters. The normalized spacial score (nSPS) is 13.0. The Hall–Kier alpha value is -3.35. The number of anilines is 1. The van der Waals surface area contributed by atoms with Crippen molar-refractivity contribution in [2.75, 3.05) is 24.7 Å². The summed E-state index contributed by atoms with van der Waals surface area (Å²) in [6.45, 7) is 9.21. The van der Waals surface area contributed by atoms with Crippen molar-refractivity contribution in [1.82, 2.24) is 5.32 Å². The molecule has 31 heavy (non-hydrogen) atoms. The molecule has 1 aliphatic rings. The molecule has 3 rings (SSSR count). The first-order valence-electron chi connectivity index (χ1n) is 10.3. The minimum absolute atomic E-state index is 0.0399. The fraction of sp³-hybridized carbons (Fsp3) is 0.375. The molecule has 2 amide bonds. The molecule has 164 valence electrons. The Labute approximate surface area is 182 Å². The molecule has 0 saturated heterocycles. The van der Waals surface area contributed by atoms with Gasteiger partial charge in [-0.25, -0.2) is 0 Å². The van der Waals surface area contributed by atoms with Crippen LogP contribution in [0.15, 0.2) is 30.3 Å². The van der Waals surface area contributed by atoms with Crippen molar-refractivity contribution in [2.24, 2.45) is 0 Å². The summed E-state index contributed by atoms with van der Waals surface area (Å²) in [5.41, 5.74) is 3.94. The molecule has 0 radical (unpaired) electrons. The van der Waals surface area contributed by atoms with Gasteiger partial charge in [-0.15, -0.1) is 0 Å². The lowest BCUT2D eigenvalue weighted by molar-refractivity contribution is -0.125. The monoisotopic (exact) mass is 424 g/mol. The second kappa shape index (κ2) is 9.20. The zero-order valence-electron chi connectivity index (χ0n) is 18.6. The van der Waals surface area contributed by atoms with E-state index in [1.165, 1.54) is 4.90 Å². The van der Waals surface area contributed by atoms with Crippen LogP contribution < -0.4 is 19.7 Å². The van der Waals surface area contributed by atoms with Crippen LogP contribution in [0.4, 0.5) is 5.69 Å². The molecule has 0 fully saturated rings. The van der Waals surface area contributed by atoms with Gasteiger partial charge in [-0.1, -0.05) is 6.07 Å². The molecular formula is C24H28N2O5. The number of ether oxygens (including phenoxy) is 2. The predicted molar refractivity (Wildman–Crippen MR) is 118 cm³/mol. The van der Waals surface area contributed by atoms with Crippen molar-refractivity contribution < 1.29 is 23.9 Å². The number of amides is 2. The number of carbonyl (C=O) groups is 3. The zero-order valence-corrected chi connectivity index (χ0v) is 18.6. The highest BCUT2D eigenvalue weighted by molar-refractivity contribution is 6.04. The molecule has 0 saturated carbocycles. The Morgan fingerprint density at radius 1 is 1.16 bits per heavy atom. The lowest BCUT2D eigenvalue weighted by Gasteiger charge is -2.29. The summed E-state index contributed by atoms with van der Waals surface area (Å²) in [5.74, 6) is 0.291. The molecular weight excluding hydrogens is 396 g/mol. The van der Waals surface area contributed by atoms with Gasteiger partial charge in [0.25, 0.3) is 5.91 Å². The number of nitrogens with zero attached hydrogens (tertiary/aromatic N) is 1. The number of Topliss-reactive ketones (excluding diaryl/α,β-unsaturated/α-hetero) is 1. The molecule has 0 bridgehead atoms. The maximum absolute atomic E-state index is 12.8. The van der Waals surface area contributed by atoms with Gasteiger partial charge in [0.1, 0.15) is 18.0 Å². The van der Waals surface area contributed by atoms with Crippen molar-refractivity contribution >= 4 is 23.3 Å². The van der Waals surface area contributed by atoms with Gasteiger partial charge in [-0.05, 0) is 75.6 Å². The van der Waals surface area contributed by atoms with Crippen molar-refractivity contribution in [2.45, 2.75) is 40.7 Å². The number of nitrogens with one attached hydrogen (secondary N) is 1. The van der Waals surface area contributed by atoms with Crippen LogP contribution in [0.25, 0.3) is 0 Å². The first kappa shape index (κ1) is 22.3. The van der Waals surface area contributed by atoms with E-state index in [0.717, 1.165) is 16.7 Å². The summed E-state index contributed by atoms with van der Waals surface area (Å²) in [6.07, 6.45) is 0. The van der Waals surface area contributed by atoms with E-state index in [-0.39, 0.29) is 43.4 Å². The zero-order chi connectivity index (χ0) is 22.7. The maximum Gasteiger partial charge on any atom is 0.265 e. The quantitative estimate of drug-likeness (QED) is 0.691. The highest BCUT2D eigenvalue weighted by Crippen LogP contribution is 2.33. The van der Waals surface area contributed by atoms with Crippen LogP contribution in [-0.4, -0.2) is 43.4 Å². The highest BCUT2D eigenvalue weighted by Gasteiger charge is 2.28. The first-order valence-corrected chi connectivity index (χ1v) is 10.3. The van der Waals surface area contributed by atoms with Gasteiger partial charge in [0.2, 0.25) is 5.91 Å². The SMILES string of the molecule is Cc1cc(C)c(C)c(OCC(=O)c2ccc3c(c2)N(CC(=O)NC(C)C)C(=O)CO3)c1. The Morgan fingerprint density at radius 2 is 1.90 bits per heavy atom. The Bertz CT molecular complexity index is 1030. The van der Waals surface area contributed by atoms with Crippen LogP contribution in [0.1, 0.15) is 40.9 Å². The summed E-state index contributed by atoms with van der Waals surface area (Å²) in [7, 11) is 0.